The maximum absolute atomic E-state index is 9.38. The molecule has 100 valence electrons. The van der Waals surface area contributed by atoms with Crippen LogP contribution in [0.3, 0.4) is 0 Å². The van der Waals surface area contributed by atoms with Crippen LogP contribution in [0.25, 0.3) is 0 Å². The summed E-state index contributed by atoms with van der Waals surface area (Å²) in [6.07, 6.45) is -3.70. The van der Waals surface area contributed by atoms with Crippen molar-refractivity contribution in [3.63, 3.8) is 0 Å². The molecule has 6 N–H and O–H groups in total. The Hall–Kier alpha value is -0.290. The number of nitrogens with zero attached hydrogens (tertiary/aromatic N) is 1. The van der Waals surface area contributed by atoms with Gasteiger partial charge < -0.3 is 25.5 Å². The van der Waals surface area contributed by atoms with E-state index in [1.807, 2.05) is 0 Å². The minimum Gasteiger partial charge on any atom is -0.394 e. The number of hydrogen-bond acceptors (Lipinski definition) is 8. The monoisotopic (exact) mass is 284 g/mol. The second-order valence-corrected chi connectivity index (χ2v) is 4.59. The van der Waals surface area contributed by atoms with Gasteiger partial charge >= 0.3 is 0 Å². The molecule has 0 bridgehead atoms. The molecule has 0 aliphatic rings. The van der Waals surface area contributed by atoms with E-state index in [1.165, 1.54) is 11.8 Å². The highest BCUT2D eigenvalue weighted by molar-refractivity contribution is 8.22. The standard InChI is InChI=1S/C8H16N2O5S2/c1-17-8(16)10-9-2-4(12)6(14)7(15)5(13)3-11/h2,4-7,11-15H,3H2,1H3,(H,10,16)/b9-2+/t4-,5+,6+,7-/m0/s1. The van der Waals surface area contributed by atoms with Gasteiger partial charge in [-0.1, -0.05) is 24.0 Å². The van der Waals surface area contributed by atoms with Crippen LogP contribution in [0.15, 0.2) is 5.10 Å². The molecule has 0 aliphatic carbocycles. The number of rotatable bonds is 6. The van der Waals surface area contributed by atoms with Crippen LogP contribution in [-0.4, -0.2) is 73.3 Å². The van der Waals surface area contributed by atoms with Crippen molar-refractivity contribution in [3.8, 4) is 0 Å². The molecule has 0 spiro atoms. The molecule has 9 heteroatoms. The number of thioether (sulfide) groups is 1. The van der Waals surface area contributed by atoms with Crippen molar-refractivity contribution < 1.29 is 25.5 Å². The van der Waals surface area contributed by atoms with Crippen LogP contribution in [-0.2, 0) is 0 Å². The van der Waals surface area contributed by atoms with E-state index in [0.717, 1.165) is 6.21 Å². The fourth-order valence-corrected chi connectivity index (χ4v) is 1.03. The third kappa shape index (κ3) is 6.27. The molecule has 0 unspecified atom stereocenters. The lowest BCUT2D eigenvalue weighted by Crippen LogP contribution is -2.46. The molecule has 0 rings (SSSR count). The fraction of sp³-hybridized carbons (Fsp3) is 0.750. The normalized spacial score (nSPS) is 18.7. The maximum Gasteiger partial charge on any atom is 0.153 e. The maximum atomic E-state index is 9.38. The first-order valence-corrected chi connectivity index (χ1v) is 6.27. The Balaban J connectivity index is 4.21. The zero-order valence-corrected chi connectivity index (χ0v) is 10.7. The van der Waals surface area contributed by atoms with E-state index in [0.29, 0.717) is 4.32 Å². The molecule has 4 atom stereocenters. The summed E-state index contributed by atoms with van der Waals surface area (Å²) in [5.74, 6) is 0. The lowest BCUT2D eigenvalue weighted by molar-refractivity contribution is -0.0999. The molecule has 0 aliphatic heterocycles. The van der Waals surface area contributed by atoms with Gasteiger partial charge in [0, 0.05) is 0 Å². The summed E-state index contributed by atoms with van der Waals surface area (Å²) in [4.78, 5) is 0. The van der Waals surface area contributed by atoms with Crippen molar-refractivity contribution in [3.05, 3.63) is 0 Å². The number of hydrogen-bond donors (Lipinski definition) is 6. The van der Waals surface area contributed by atoms with Gasteiger partial charge in [0.2, 0.25) is 0 Å². The summed E-state index contributed by atoms with van der Waals surface area (Å²) in [6.45, 7) is -0.725. The summed E-state index contributed by atoms with van der Waals surface area (Å²) in [5.41, 5.74) is 2.40. The van der Waals surface area contributed by atoms with Crippen LogP contribution in [0.1, 0.15) is 0 Å². The highest BCUT2D eigenvalue weighted by Gasteiger charge is 2.29. The molecule has 0 fully saturated rings. The summed E-state index contributed by atoms with van der Waals surface area (Å²) in [5, 5.41) is 49.2. The van der Waals surface area contributed by atoms with Crippen LogP contribution in [0.4, 0.5) is 0 Å². The van der Waals surface area contributed by atoms with Gasteiger partial charge in [0.05, 0.1) is 12.8 Å². The van der Waals surface area contributed by atoms with Crippen LogP contribution in [0.2, 0.25) is 0 Å². The van der Waals surface area contributed by atoms with E-state index >= 15 is 0 Å². The van der Waals surface area contributed by atoms with Crippen LogP contribution in [0, 0.1) is 0 Å². The molecule has 0 amide bonds. The fourth-order valence-electron chi connectivity index (χ4n) is 0.838. The van der Waals surface area contributed by atoms with Gasteiger partial charge in [0.25, 0.3) is 0 Å². The van der Waals surface area contributed by atoms with E-state index in [2.05, 4.69) is 10.5 Å². The van der Waals surface area contributed by atoms with Crippen LogP contribution in [0.5, 0.6) is 0 Å². The Bertz CT molecular complexity index is 266. The Morgan fingerprint density at radius 2 is 1.94 bits per heavy atom. The Kier molecular flexibility index (Phi) is 8.60. The van der Waals surface area contributed by atoms with Crippen molar-refractivity contribution in [2.45, 2.75) is 24.4 Å². The van der Waals surface area contributed by atoms with E-state index in [1.54, 1.807) is 6.26 Å². The van der Waals surface area contributed by atoms with E-state index in [4.69, 9.17) is 22.4 Å². The van der Waals surface area contributed by atoms with Gasteiger partial charge in [-0.05, 0) is 6.26 Å². The van der Waals surface area contributed by atoms with Crippen LogP contribution >= 0.6 is 24.0 Å². The lowest BCUT2D eigenvalue weighted by atomic mass is 10.0. The molecule has 0 heterocycles. The largest absolute Gasteiger partial charge is 0.394 e. The van der Waals surface area contributed by atoms with Crippen molar-refractivity contribution in [1.29, 1.82) is 0 Å². The van der Waals surface area contributed by atoms with Gasteiger partial charge in [0.15, 0.2) is 4.32 Å². The number of hydrazone groups is 1. The molecule has 0 aromatic heterocycles. The Labute approximate surface area is 108 Å². The minimum atomic E-state index is -1.67. The molecule has 0 radical (unpaired) electrons. The Morgan fingerprint density at radius 1 is 1.35 bits per heavy atom. The van der Waals surface area contributed by atoms with E-state index in [-0.39, 0.29) is 0 Å². The highest BCUT2D eigenvalue weighted by atomic mass is 32.2. The second-order valence-electron chi connectivity index (χ2n) is 3.10. The van der Waals surface area contributed by atoms with Gasteiger partial charge in [0.1, 0.15) is 24.4 Å². The molecule has 17 heavy (non-hydrogen) atoms. The SMILES string of the molecule is CSC(=S)N/N=C/[C@H](O)[C@@H](O)[C@@H](O)[C@H](O)CO. The predicted octanol–water partition coefficient (Wildman–Crippen LogP) is -2.35. The van der Waals surface area contributed by atoms with Crippen molar-refractivity contribution in [2.75, 3.05) is 12.9 Å². The van der Waals surface area contributed by atoms with Gasteiger partial charge in [-0.2, -0.15) is 5.10 Å². The summed E-state index contributed by atoms with van der Waals surface area (Å²) in [6, 6.07) is 0. The molecule has 0 aromatic carbocycles. The first kappa shape index (κ1) is 16.7. The summed E-state index contributed by atoms with van der Waals surface area (Å²) < 4.78 is 0.374. The zero-order chi connectivity index (χ0) is 13.4. The van der Waals surface area contributed by atoms with Gasteiger partial charge in [-0.15, -0.1) is 0 Å². The summed E-state index contributed by atoms with van der Waals surface area (Å²) >= 11 is 6.00. The lowest BCUT2D eigenvalue weighted by Gasteiger charge is -2.23. The van der Waals surface area contributed by atoms with E-state index in [9.17, 15) is 15.3 Å². The molecular formula is C8H16N2O5S2. The highest BCUT2D eigenvalue weighted by Crippen LogP contribution is 2.03. The first-order valence-electron chi connectivity index (χ1n) is 4.64. The van der Waals surface area contributed by atoms with Crippen molar-refractivity contribution >= 4 is 34.5 Å². The number of aliphatic hydroxyl groups is 5. The third-order valence-electron chi connectivity index (χ3n) is 1.85. The van der Waals surface area contributed by atoms with Crippen LogP contribution < -0.4 is 5.43 Å². The average molecular weight is 284 g/mol. The zero-order valence-electron chi connectivity index (χ0n) is 9.09. The van der Waals surface area contributed by atoms with Gasteiger partial charge in [-0.3, -0.25) is 5.43 Å². The molecular weight excluding hydrogens is 268 g/mol. The third-order valence-corrected chi connectivity index (χ3v) is 2.90. The van der Waals surface area contributed by atoms with Gasteiger partial charge in [-0.25, -0.2) is 0 Å². The average Bonchev–Trinajstić information content (AvgIpc) is 2.35. The molecule has 0 saturated carbocycles. The topological polar surface area (TPSA) is 126 Å². The van der Waals surface area contributed by atoms with Crippen molar-refractivity contribution in [1.82, 2.24) is 5.43 Å². The van der Waals surface area contributed by atoms with E-state index < -0.39 is 31.0 Å². The molecule has 7 nitrogen and oxygen atoms in total. The minimum absolute atomic E-state index is 0.374. The number of nitrogens with one attached hydrogen (secondary N) is 1. The quantitative estimate of drug-likeness (QED) is 0.182. The number of thiocarbonyl (C=S) groups is 1. The Morgan fingerprint density at radius 3 is 2.41 bits per heavy atom. The first-order chi connectivity index (χ1) is 7.93. The number of aliphatic hydroxyl groups excluding tert-OH is 5. The predicted molar refractivity (Wildman–Crippen MR) is 68.9 cm³/mol. The smallest absolute Gasteiger partial charge is 0.153 e. The second kappa shape index (κ2) is 8.75. The molecule has 0 aromatic rings. The summed E-state index contributed by atoms with van der Waals surface area (Å²) in [7, 11) is 0. The molecule has 0 saturated heterocycles. The van der Waals surface area contributed by atoms with Crippen molar-refractivity contribution in [2.24, 2.45) is 5.10 Å².